The van der Waals surface area contributed by atoms with E-state index in [1.54, 1.807) is 11.3 Å². The van der Waals surface area contributed by atoms with E-state index in [0.29, 0.717) is 0 Å². The summed E-state index contributed by atoms with van der Waals surface area (Å²) in [7, 11) is 1.91. The topological polar surface area (TPSA) is 41.1 Å². The SMILES string of the molecule is CNCCc1ccccc1C(=O)Nc1ccsc1. The van der Waals surface area contributed by atoms with Crippen LogP contribution >= 0.6 is 11.3 Å². The lowest BCUT2D eigenvalue weighted by Crippen LogP contribution is -2.17. The summed E-state index contributed by atoms with van der Waals surface area (Å²) in [4.78, 5) is 12.2. The van der Waals surface area contributed by atoms with E-state index in [-0.39, 0.29) is 5.91 Å². The Morgan fingerprint density at radius 1 is 1.28 bits per heavy atom. The van der Waals surface area contributed by atoms with Gasteiger partial charge in [-0.1, -0.05) is 18.2 Å². The highest BCUT2D eigenvalue weighted by Crippen LogP contribution is 2.15. The molecule has 1 amide bonds. The number of nitrogens with one attached hydrogen (secondary N) is 2. The van der Waals surface area contributed by atoms with Gasteiger partial charge in [0.15, 0.2) is 0 Å². The first-order valence-electron chi connectivity index (χ1n) is 5.87. The third-order valence-corrected chi connectivity index (χ3v) is 3.37. The van der Waals surface area contributed by atoms with Crippen molar-refractivity contribution in [3.8, 4) is 0 Å². The highest BCUT2D eigenvalue weighted by atomic mass is 32.1. The summed E-state index contributed by atoms with van der Waals surface area (Å²) < 4.78 is 0. The number of amides is 1. The second-order valence-electron chi connectivity index (χ2n) is 3.98. The maximum absolute atomic E-state index is 12.2. The fourth-order valence-corrected chi connectivity index (χ4v) is 2.34. The minimum atomic E-state index is -0.0416. The lowest BCUT2D eigenvalue weighted by Gasteiger charge is -2.09. The van der Waals surface area contributed by atoms with Crippen LogP contribution in [-0.2, 0) is 6.42 Å². The summed E-state index contributed by atoms with van der Waals surface area (Å²) in [5, 5.41) is 9.88. The van der Waals surface area contributed by atoms with Crippen LogP contribution in [0.2, 0.25) is 0 Å². The van der Waals surface area contributed by atoms with Gasteiger partial charge in [0, 0.05) is 10.9 Å². The smallest absolute Gasteiger partial charge is 0.255 e. The highest BCUT2D eigenvalue weighted by molar-refractivity contribution is 7.08. The van der Waals surface area contributed by atoms with Gasteiger partial charge in [0.25, 0.3) is 5.91 Å². The average molecular weight is 260 g/mol. The van der Waals surface area contributed by atoms with Crippen molar-refractivity contribution in [2.24, 2.45) is 0 Å². The minimum absolute atomic E-state index is 0.0416. The summed E-state index contributed by atoms with van der Waals surface area (Å²) in [5.41, 5.74) is 2.67. The molecule has 0 aliphatic heterocycles. The maximum Gasteiger partial charge on any atom is 0.255 e. The number of hydrogen-bond donors (Lipinski definition) is 2. The van der Waals surface area contributed by atoms with Crippen LogP contribution in [0.3, 0.4) is 0 Å². The normalized spacial score (nSPS) is 10.3. The highest BCUT2D eigenvalue weighted by Gasteiger charge is 2.10. The number of anilines is 1. The Kier molecular flexibility index (Phi) is 4.50. The number of hydrogen-bond acceptors (Lipinski definition) is 3. The standard InChI is InChI=1S/C14H16N2OS/c1-15-8-6-11-4-2-3-5-13(11)14(17)16-12-7-9-18-10-12/h2-5,7,9-10,15H,6,8H2,1H3,(H,16,17). The van der Waals surface area contributed by atoms with Crippen molar-refractivity contribution in [2.75, 3.05) is 18.9 Å². The maximum atomic E-state index is 12.2. The van der Waals surface area contributed by atoms with Crippen LogP contribution in [-0.4, -0.2) is 19.5 Å². The van der Waals surface area contributed by atoms with Gasteiger partial charge in [-0.2, -0.15) is 11.3 Å². The van der Waals surface area contributed by atoms with E-state index >= 15 is 0 Å². The molecule has 1 aromatic heterocycles. The molecular formula is C14H16N2OS. The summed E-state index contributed by atoms with van der Waals surface area (Å²) in [6.45, 7) is 0.864. The van der Waals surface area contributed by atoms with E-state index in [4.69, 9.17) is 0 Å². The number of thiophene rings is 1. The van der Waals surface area contributed by atoms with Gasteiger partial charge in [-0.05, 0) is 43.1 Å². The van der Waals surface area contributed by atoms with Crippen molar-refractivity contribution in [1.82, 2.24) is 5.32 Å². The number of carbonyl (C=O) groups excluding carboxylic acids is 1. The molecular weight excluding hydrogens is 244 g/mol. The van der Waals surface area contributed by atoms with Crippen molar-refractivity contribution < 1.29 is 4.79 Å². The summed E-state index contributed by atoms with van der Waals surface area (Å²) >= 11 is 1.57. The molecule has 2 rings (SSSR count). The average Bonchev–Trinajstić information content (AvgIpc) is 2.89. The second-order valence-corrected chi connectivity index (χ2v) is 4.76. The third kappa shape index (κ3) is 3.18. The van der Waals surface area contributed by atoms with Crippen molar-refractivity contribution in [2.45, 2.75) is 6.42 Å². The van der Waals surface area contributed by atoms with Gasteiger partial charge in [-0.25, -0.2) is 0 Å². The zero-order valence-electron chi connectivity index (χ0n) is 10.3. The van der Waals surface area contributed by atoms with Crippen LogP contribution in [0, 0.1) is 0 Å². The quantitative estimate of drug-likeness (QED) is 0.868. The van der Waals surface area contributed by atoms with E-state index in [9.17, 15) is 4.79 Å². The Morgan fingerprint density at radius 2 is 2.11 bits per heavy atom. The summed E-state index contributed by atoms with van der Waals surface area (Å²) in [5.74, 6) is -0.0416. The zero-order chi connectivity index (χ0) is 12.8. The molecule has 0 atom stereocenters. The fourth-order valence-electron chi connectivity index (χ4n) is 1.75. The molecule has 0 bridgehead atoms. The molecule has 0 fully saturated rings. The number of rotatable bonds is 5. The van der Waals surface area contributed by atoms with E-state index < -0.39 is 0 Å². The molecule has 0 aliphatic rings. The van der Waals surface area contributed by atoms with Crippen molar-refractivity contribution >= 4 is 22.9 Å². The molecule has 2 aromatic rings. The third-order valence-electron chi connectivity index (χ3n) is 2.69. The van der Waals surface area contributed by atoms with Gasteiger partial charge in [-0.3, -0.25) is 4.79 Å². The minimum Gasteiger partial charge on any atom is -0.321 e. The van der Waals surface area contributed by atoms with Gasteiger partial charge in [0.2, 0.25) is 0 Å². The van der Waals surface area contributed by atoms with Gasteiger partial charge >= 0.3 is 0 Å². The fraction of sp³-hybridized carbons (Fsp3) is 0.214. The van der Waals surface area contributed by atoms with Crippen molar-refractivity contribution in [3.63, 3.8) is 0 Å². The summed E-state index contributed by atoms with van der Waals surface area (Å²) in [6.07, 6.45) is 0.851. The van der Waals surface area contributed by atoms with Crippen LogP contribution in [0.5, 0.6) is 0 Å². The molecule has 0 spiro atoms. The van der Waals surface area contributed by atoms with Crippen molar-refractivity contribution in [3.05, 3.63) is 52.2 Å². The van der Waals surface area contributed by atoms with E-state index in [0.717, 1.165) is 29.8 Å². The predicted octanol–water partition coefficient (Wildman–Crippen LogP) is 2.76. The first kappa shape index (κ1) is 12.8. The Morgan fingerprint density at radius 3 is 2.83 bits per heavy atom. The largest absolute Gasteiger partial charge is 0.321 e. The Hall–Kier alpha value is -1.65. The van der Waals surface area contributed by atoms with Crippen molar-refractivity contribution in [1.29, 1.82) is 0 Å². The molecule has 3 nitrogen and oxygen atoms in total. The molecule has 0 aliphatic carbocycles. The van der Waals surface area contributed by atoms with Gasteiger partial charge in [0.05, 0.1) is 5.69 Å². The number of likely N-dealkylation sites (N-methyl/N-ethyl adjacent to an activating group) is 1. The molecule has 0 saturated carbocycles. The predicted molar refractivity (Wildman–Crippen MR) is 76.3 cm³/mol. The Balaban J connectivity index is 2.13. The molecule has 0 radical (unpaired) electrons. The van der Waals surface area contributed by atoms with Gasteiger partial charge in [-0.15, -0.1) is 0 Å². The Labute approximate surface area is 111 Å². The summed E-state index contributed by atoms with van der Waals surface area (Å²) in [6, 6.07) is 9.63. The molecule has 4 heteroatoms. The van der Waals surface area contributed by atoms with Gasteiger partial charge in [0.1, 0.15) is 0 Å². The number of benzene rings is 1. The first-order chi connectivity index (χ1) is 8.81. The molecule has 1 aromatic carbocycles. The van der Waals surface area contributed by atoms with Crippen LogP contribution in [0.25, 0.3) is 0 Å². The monoisotopic (exact) mass is 260 g/mol. The van der Waals surface area contributed by atoms with Crippen LogP contribution in [0.15, 0.2) is 41.1 Å². The van der Waals surface area contributed by atoms with Crippen LogP contribution in [0.1, 0.15) is 15.9 Å². The van der Waals surface area contributed by atoms with E-state index in [1.165, 1.54) is 0 Å². The molecule has 0 unspecified atom stereocenters. The Bertz CT molecular complexity index is 508. The van der Waals surface area contributed by atoms with Gasteiger partial charge < -0.3 is 10.6 Å². The second kappa shape index (κ2) is 6.33. The van der Waals surface area contributed by atoms with Crippen LogP contribution in [0.4, 0.5) is 5.69 Å². The molecule has 18 heavy (non-hydrogen) atoms. The van der Waals surface area contributed by atoms with E-state index in [2.05, 4.69) is 10.6 Å². The molecule has 94 valence electrons. The first-order valence-corrected chi connectivity index (χ1v) is 6.81. The lowest BCUT2D eigenvalue weighted by atomic mass is 10.0. The van der Waals surface area contributed by atoms with E-state index in [1.807, 2.05) is 48.1 Å². The number of carbonyl (C=O) groups is 1. The molecule has 2 N–H and O–H groups in total. The van der Waals surface area contributed by atoms with Crippen LogP contribution < -0.4 is 10.6 Å². The molecule has 0 saturated heterocycles. The lowest BCUT2D eigenvalue weighted by molar-refractivity contribution is 0.102. The molecule has 1 heterocycles. The zero-order valence-corrected chi connectivity index (χ0v) is 11.1.